The van der Waals surface area contributed by atoms with Gasteiger partial charge in [-0.05, 0) is 48.4 Å². The van der Waals surface area contributed by atoms with E-state index < -0.39 is 10.0 Å². The minimum absolute atomic E-state index is 0.304. The van der Waals surface area contributed by atoms with Crippen molar-refractivity contribution < 1.29 is 8.42 Å². The molecular weight excluding hydrogens is 306 g/mol. The van der Waals surface area contributed by atoms with Crippen LogP contribution in [0.5, 0.6) is 0 Å². The summed E-state index contributed by atoms with van der Waals surface area (Å²) in [5.41, 5.74) is 2.75. The third-order valence-corrected chi connectivity index (χ3v) is 5.84. The van der Waals surface area contributed by atoms with Crippen LogP contribution in [-0.4, -0.2) is 15.5 Å². The predicted molar refractivity (Wildman–Crippen MR) is 95.5 cm³/mol. The highest BCUT2D eigenvalue weighted by Gasteiger charge is 2.22. The molecule has 0 aliphatic carbocycles. The lowest BCUT2D eigenvalue weighted by Crippen LogP contribution is -2.27. The van der Waals surface area contributed by atoms with Gasteiger partial charge in [0.15, 0.2) is 0 Å². The zero-order valence-electron chi connectivity index (χ0n) is 13.4. The van der Waals surface area contributed by atoms with Gasteiger partial charge in [0.25, 0.3) is 10.0 Å². The summed E-state index contributed by atoms with van der Waals surface area (Å²) in [6.07, 6.45) is 0. The number of nitrogens with zero attached hydrogens (tertiary/aromatic N) is 1. The summed E-state index contributed by atoms with van der Waals surface area (Å²) < 4.78 is 27.2. The third kappa shape index (κ3) is 2.82. The Hall–Kier alpha value is -2.33. The number of fused-ring (bicyclic) bond motifs is 1. The molecule has 0 saturated heterocycles. The van der Waals surface area contributed by atoms with E-state index in [0.29, 0.717) is 10.6 Å². The summed E-state index contributed by atoms with van der Waals surface area (Å²) in [4.78, 5) is 0.304. The lowest BCUT2D eigenvalue weighted by atomic mass is 10.1. The van der Waals surface area contributed by atoms with Crippen molar-refractivity contribution in [2.24, 2.45) is 0 Å². The van der Waals surface area contributed by atoms with Gasteiger partial charge < -0.3 is 0 Å². The normalized spacial score (nSPS) is 11.6. The van der Waals surface area contributed by atoms with Crippen LogP contribution < -0.4 is 4.31 Å². The van der Waals surface area contributed by atoms with Gasteiger partial charge in [-0.1, -0.05) is 48.0 Å². The van der Waals surface area contributed by atoms with E-state index in [9.17, 15) is 8.42 Å². The van der Waals surface area contributed by atoms with E-state index in [2.05, 4.69) is 0 Å². The molecule has 4 heteroatoms. The molecule has 0 spiro atoms. The van der Waals surface area contributed by atoms with Gasteiger partial charge >= 0.3 is 0 Å². The van der Waals surface area contributed by atoms with Crippen LogP contribution in [0.1, 0.15) is 11.1 Å². The van der Waals surface area contributed by atoms with E-state index in [0.717, 1.165) is 21.9 Å². The minimum atomic E-state index is -3.59. The SMILES string of the molecule is Cc1ccc(N(C)S(=O)(=O)c2ccc3ccccc3c2)c(C)c1. The first-order valence-electron chi connectivity index (χ1n) is 7.44. The maximum Gasteiger partial charge on any atom is 0.264 e. The van der Waals surface area contributed by atoms with Crippen molar-refractivity contribution in [1.29, 1.82) is 0 Å². The molecule has 118 valence electrons. The molecule has 0 radical (unpaired) electrons. The maximum absolute atomic E-state index is 12.9. The van der Waals surface area contributed by atoms with Gasteiger partial charge in [-0.25, -0.2) is 8.42 Å². The van der Waals surface area contributed by atoms with Gasteiger partial charge in [0, 0.05) is 7.05 Å². The second-order valence-corrected chi connectivity index (χ2v) is 7.74. The van der Waals surface area contributed by atoms with E-state index in [1.54, 1.807) is 19.2 Å². The van der Waals surface area contributed by atoms with Gasteiger partial charge in [-0.15, -0.1) is 0 Å². The summed E-state index contributed by atoms with van der Waals surface area (Å²) in [6, 6.07) is 18.7. The number of aryl methyl sites for hydroxylation is 2. The fourth-order valence-corrected chi connectivity index (χ4v) is 4.07. The number of sulfonamides is 1. The van der Waals surface area contributed by atoms with Crippen LogP contribution in [0.2, 0.25) is 0 Å². The van der Waals surface area contributed by atoms with Gasteiger partial charge in [0.2, 0.25) is 0 Å². The fourth-order valence-electron chi connectivity index (χ4n) is 2.77. The van der Waals surface area contributed by atoms with E-state index >= 15 is 0 Å². The zero-order chi connectivity index (χ0) is 16.6. The molecular formula is C19H19NO2S. The highest BCUT2D eigenvalue weighted by Crippen LogP contribution is 2.27. The Balaban J connectivity index is 2.08. The van der Waals surface area contributed by atoms with Crippen molar-refractivity contribution in [1.82, 2.24) is 0 Å². The minimum Gasteiger partial charge on any atom is -0.269 e. The highest BCUT2D eigenvalue weighted by atomic mass is 32.2. The van der Waals surface area contributed by atoms with Crippen LogP contribution in [0.4, 0.5) is 5.69 Å². The Morgan fingerprint density at radius 3 is 2.22 bits per heavy atom. The van der Waals surface area contributed by atoms with Crippen molar-refractivity contribution >= 4 is 26.5 Å². The average molecular weight is 325 g/mol. The second kappa shape index (κ2) is 5.70. The first kappa shape index (κ1) is 15.6. The summed E-state index contributed by atoms with van der Waals surface area (Å²) in [5, 5.41) is 1.95. The number of hydrogen-bond donors (Lipinski definition) is 0. The molecule has 23 heavy (non-hydrogen) atoms. The molecule has 0 saturated carbocycles. The van der Waals surface area contributed by atoms with Gasteiger partial charge in [-0.2, -0.15) is 0 Å². The average Bonchev–Trinajstić information content (AvgIpc) is 2.53. The van der Waals surface area contributed by atoms with Crippen molar-refractivity contribution in [2.45, 2.75) is 18.7 Å². The first-order chi connectivity index (χ1) is 10.9. The van der Waals surface area contributed by atoms with Crippen molar-refractivity contribution in [3.05, 3.63) is 71.8 Å². The number of benzene rings is 3. The molecule has 0 atom stereocenters. The Kier molecular flexibility index (Phi) is 3.86. The van der Waals surface area contributed by atoms with E-state index in [1.165, 1.54) is 4.31 Å². The number of rotatable bonds is 3. The number of hydrogen-bond acceptors (Lipinski definition) is 2. The molecule has 0 amide bonds. The van der Waals surface area contributed by atoms with Gasteiger partial charge in [0.1, 0.15) is 0 Å². The Bertz CT molecular complexity index is 978. The summed E-state index contributed by atoms with van der Waals surface area (Å²) >= 11 is 0. The molecule has 0 unspecified atom stereocenters. The van der Waals surface area contributed by atoms with Crippen LogP contribution in [-0.2, 0) is 10.0 Å². The quantitative estimate of drug-likeness (QED) is 0.721. The Morgan fingerprint density at radius 1 is 0.826 bits per heavy atom. The zero-order valence-corrected chi connectivity index (χ0v) is 14.3. The topological polar surface area (TPSA) is 37.4 Å². The molecule has 3 aromatic carbocycles. The second-order valence-electron chi connectivity index (χ2n) is 5.77. The molecule has 0 bridgehead atoms. The van der Waals surface area contributed by atoms with Crippen LogP contribution in [0, 0.1) is 13.8 Å². The van der Waals surface area contributed by atoms with E-state index in [1.807, 2.05) is 62.4 Å². The molecule has 3 aromatic rings. The molecule has 0 fully saturated rings. The third-order valence-electron chi connectivity index (χ3n) is 4.07. The molecule has 0 aromatic heterocycles. The van der Waals surface area contributed by atoms with E-state index in [4.69, 9.17) is 0 Å². The largest absolute Gasteiger partial charge is 0.269 e. The standard InChI is InChI=1S/C19H19NO2S/c1-14-8-11-19(15(2)12-14)20(3)23(21,22)18-10-9-16-6-4-5-7-17(16)13-18/h4-13H,1-3H3. The number of anilines is 1. The fraction of sp³-hybridized carbons (Fsp3) is 0.158. The molecule has 0 N–H and O–H groups in total. The molecule has 0 heterocycles. The van der Waals surface area contributed by atoms with E-state index in [-0.39, 0.29) is 0 Å². The summed E-state index contributed by atoms with van der Waals surface area (Å²) in [5.74, 6) is 0. The highest BCUT2D eigenvalue weighted by molar-refractivity contribution is 7.92. The lowest BCUT2D eigenvalue weighted by molar-refractivity contribution is 0.594. The van der Waals surface area contributed by atoms with Crippen LogP contribution in [0.25, 0.3) is 10.8 Å². The Labute approximate surface area is 137 Å². The Morgan fingerprint density at radius 2 is 1.52 bits per heavy atom. The van der Waals surface area contributed by atoms with Crippen LogP contribution in [0.15, 0.2) is 65.6 Å². The van der Waals surface area contributed by atoms with Crippen molar-refractivity contribution in [2.75, 3.05) is 11.4 Å². The molecule has 3 rings (SSSR count). The van der Waals surface area contributed by atoms with Gasteiger partial charge in [-0.3, -0.25) is 4.31 Å². The van der Waals surface area contributed by atoms with Crippen molar-refractivity contribution in [3.63, 3.8) is 0 Å². The van der Waals surface area contributed by atoms with Gasteiger partial charge in [0.05, 0.1) is 10.6 Å². The van der Waals surface area contributed by atoms with Crippen LogP contribution >= 0.6 is 0 Å². The van der Waals surface area contributed by atoms with Crippen LogP contribution in [0.3, 0.4) is 0 Å². The molecule has 3 nitrogen and oxygen atoms in total. The summed E-state index contributed by atoms with van der Waals surface area (Å²) in [6.45, 7) is 3.92. The summed E-state index contributed by atoms with van der Waals surface area (Å²) in [7, 11) is -1.99. The lowest BCUT2D eigenvalue weighted by Gasteiger charge is -2.22. The first-order valence-corrected chi connectivity index (χ1v) is 8.88. The monoisotopic (exact) mass is 325 g/mol. The van der Waals surface area contributed by atoms with Crippen molar-refractivity contribution in [3.8, 4) is 0 Å². The molecule has 0 aliphatic rings. The molecule has 0 aliphatic heterocycles. The smallest absolute Gasteiger partial charge is 0.264 e. The predicted octanol–water partition coefficient (Wildman–Crippen LogP) is 4.28. The maximum atomic E-state index is 12.9.